The number of anilines is 2. The maximum Gasteiger partial charge on any atom is 0.269 e. The van der Waals surface area contributed by atoms with Crippen molar-refractivity contribution in [2.45, 2.75) is 57.6 Å². The molecule has 3 heterocycles. The summed E-state index contributed by atoms with van der Waals surface area (Å²) in [5, 5.41) is 40.4. The summed E-state index contributed by atoms with van der Waals surface area (Å²) in [6.45, 7) is 6.42. The number of hydrogen-bond acceptors (Lipinski definition) is 10. The normalized spacial score (nSPS) is 22.0. The number of hydrogen-bond donors (Lipinski definition) is 2. The van der Waals surface area contributed by atoms with Gasteiger partial charge in [0, 0.05) is 42.9 Å². The summed E-state index contributed by atoms with van der Waals surface area (Å²) in [5.74, 6) is 0.448. The molecule has 2 aliphatic heterocycles. The monoisotopic (exact) mass is 479 g/mol. The summed E-state index contributed by atoms with van der Waals surface area (Å²) in [5.41, 5.74) is 0.482. The zero-order valence-electron chi connectivity index (χ0n) is 18.5. The van der Waals surface area contributed by atoms with E-state index in [-0.39, 0.29) is 23.0 Å². The SMILES string of the molecule is CC(C)(C)OC(O)N1C[C@@H]2C[C@H](OC(O)c3ccc([N+](=O)[O-])cc3)CN2c2cc(Cl)nnc21. The van der Waals surface area contributed by atoms with Crippen molar-refractivity contribution < 1.29 is 24.6 Å². The first-order valence-electron chi connectivity index (χ1n) is 10.5. The predicted octanol–water partition coefficient (Wildman–Crippen LogP) is 2.60. The second-order valence-corrected chi connectivity index (χ2v) is 9.47. The number of ether oxygens (including phenoxy) is 2. The fraction of sp³-hybridized carbons (Fsp3) is 0.524. The molecular weight excluding hydrogens is 454 g/mol. The van der Waals surface area contributed by atoms with Crippen molar-refractivity contribution in [3.05, 3.63) is 51.2 Å². The summed E-state index contributed by atoms with van der Waals surface area (Å²) >= 11 is 6.10. The van der Waals surface area contributed by atoms with E-state index < -0.39 is 23.2 Å². The quantitative estimate of drug-likeness (QED) is 0.361. The van der Waals surface area contributed by atoms with Crippen LogP contribution in [-0.4, -0.2) is 62.6 Å². The number of nitro benzene ring substituents is 1. The van der Waals surface area contributed by atoms with Gasteiger partial charge in [-0.25, -0.2) is 0 Å². The molecule has 4 rings (SSSR count). The Morgan fingerprint density at radius 1 is 1.21 bits per heavy atom. The van der Waals surface area contributed by atoms with Crippen molar-refractivity contribution in [1.82, 2.24) is 10.2 Å². The maximum atomic E-state index is 10.8. The van der Waals surface area contributed by atoms with Crippen LogP contribution in [0.2, 0.25) is 5.15 Å². The van der Waals surface area contributed by atoms with Gasteiger partial charge in [0.2, 0.25) is 6.41 Å². The van der Waals surface area contributed by atoms with Crippen molar-refractivity contribution in [2.24, 2.45) is 0 Å². The Bertz CT molecular complexity index is 1020. The average Bonchev–Trinajstić information content (AvgIpc) is 3.14. The first-order chi connectivity index (χ1) is 15.5. The van der Waals surface area contributed by atoms with Gasteiger partial charge in [0.1, 0.15) is 0 Å². The molecule has 1 fully saturated rings. The number of nitrogens with zero attached hydrogens (tertiary/aromatic N) is 5. The third kappa shape index (κ3) is 5.17. The average molecular weight is 480 g/mol. The second kappa shape index (κ2) is 8.99. The van der Waals surface area contributed by atoms with Gasteiger partial charge >= 0.3 is 0 Å². The van der Waals surface area contributed by atoms with Crippen LogP contribution in [0.25, 0.3) is 0 Å². The van der Waals surface area contributed by atoms with Crippen LogP contribution >= 0.6 is 11.6 Å². The van der Waals surface area contributed by atoms with E-state index in [4.69, 9.17) is 21.1 Å². The van der Waals surface area contributed by atoms with E-state index in [1.54, 1.807) is 11.0 Å². The zero-order chi connectivity index (χ0) is 23.9. The Morgan fingerprint density at radius 2 is 1.91 bits per heavy atom. The molecule has 2 N–H and O–H groups in total. The van der Waals surface area contributed by atoms with E-state index in [9.17, 15) is 20.3 Å². The van der Waals surface area contributed by atoms with E-state index in [1.165, 1.54) is 24.3 Å². The molecule has 0 saturated carbocycles. The Labute approximate surface area is 195 Å². The van der Waals surface area contributed by atoms with E-state index >= 15 is 0 Å². The lowest BCUT2D eigenvalue weighted by Gasteiger charge is -2.42. The summed E-state index contributed by atoms with van der Waals surface area (Å²) in [4.78, 5) is 14.1. The number of nitro groups is 1. The van der Waals surface area contributed by atoms with Gasteiger partial charge in [-0.3, -0.25) is 10.1 Å². The van der Waals surface area contributed by atoms with Gasteiger partial charge in [-0.1, -0.05) is 11.6 Å². The minimum absolute atomic E-state index is 0.0509. The third-order valence-corrected chi connectivity index (χ3v) is 5.71. The molecule has 11 nitrogen and oxygen atoms in total. The molecule has 2 unspecified atom stereocenters. The predicted molar refractivity (Wildman–Crippen MR) is 120 cm³/mol. The lowest BCUT2D eigenvalue weighted by molar-refractivity contribution is -0.384. The van der Waals surface area contributed by atoms with Crippen molar-refractivity contribution in [3.8, 4) is 0 Å². The largest absolute Gasteiger partial charge is 0.364 e. The molecule has 1 aromatic heterocycles. The highest BCUT2D eigenvalue weighted by molar-refractivity contribution is 6.29. The fourth-order valence-corrected chi connectivity index (χ4v) is 4.26. The third-order valence-electron chi connectivity index (χ3n) is 5.53. The van der Waals surface area contributed by atoms with E-state index in [1.807, 2.05) is 20.8 Å². The number of halogens is 1. The molecule has 4 atom stereocenters. The lowest BCUT2D eigenvalue weighted by atomic mass is 10.1. The summed E-state index contributed by atoms with van der Waals surface area (Å²) in [7, 11) is 0. The lowest BCUT2D eigenvalue weighted by Crippen LogP contribution is -2.52. The topological polar surface area (TPSA) is 134 Å². The highest BCUT2D eigenvalue weighted by atomic mass is 35.5. The molecule has 2 aliphatic rings. The molecule has 0 aliphatic carbocycles. The summed E-state index contributed by atoms with van der Waals surface area (Å²) in [6.07, 6.45) is -2.23. The van der Waals surface area contributed by atoms with Gasteiger partial charge in [0.15, 0.2) is 17.3 Å². The Hall–Kier alpha value is -2.57. The smallest absolute Gasteiger partial charge is 0.269 e. The number of aliphatic hydroxyl groups is 2. The molecule has 33 heavy (non-hydrogen) atoms. The molecule has 0 spiro atoms. The van der Waals surface area contributed by atoms with Gasteiger partial charge < -0.3 is 29.5 Å². The number of rotatable bonds is 6. The van der Waals surface area contributed by atoms with E-state index in [0.717, 1.165) is 0 Å². The van der Waals surface area contributed by atoms with Crippen molar-refractivity contribution in [1.29, 1.82) is 0 Å². The van der Waals surface area contributed by atoms with Crippen LogP contribution in [0, 0.1) is 10.1 Å². The van der Waals surface area contributed by atoms with Gasteiger partial charge in [0.25, 0.3) is 5.69 Å². The van der Waals surface area contributed by atoms with E-state index in [0.29, 0.717) is 36.6 Å². The van der Waals surface area contributed by atoms with Crippen molar-refractivity contribution >= 4 is 28.8 Å². The second-order valence-electron chi connectivity index (χ2n) is 9.09. The Morgan fingerprint density at radius 3 is 2.55 bits per heavy atom. The van der Waals surface area contributed by atoms with Crippen LogP contribution in [0.15, 0.2) is 30.3 Å². The van der Waals surface area contributed by atoms with Crippen LogP contribution in [0.1, 0.15) is 39.0 Å². The number of benzene rings is 1. The molecule has 1 aromatic carbocycles. The number of aliphatic hydroxyl groups excluding tert-OH is 2. The van der Waals surface area contributed by atoms with Crippen LogP contribution < -0.4 is 9.80 Å². The van der Waals surface area contributed by atoms with Crippen LogP contribution in [-0.2, 0) is 9.47 Å². The molecule has 12 heteroatoms. The first-order valence-corrected chi connectivity index (χ1v) is 10.9. The Balaban J connectivity index is 1.51. The Kier molecular flexibility index (Phi) is 6.43. The highest BCUT2D eigenvalue weighted by Gasteiger charge is 2.43. The molecule has 1 saturated heterocycles. The minimum Gasteiger partial charge on any atom is -0.364 e. The first kappa shape index (κ1) is 23.6. The summed E-state index contributed by atoms with van der Waals surface area (Å²) in [6, 6.07) is 7.22. The number of non-ortho nitro benzene ring substituents is 1. The van der Waals surface area contributed by atoms with Crippen LogP contribution in [0.4, 0.5) is 17.2 Å². The fourth-order valence-electron chi connectivity index (χ4n) is 4.12. The van der Waals surface area contributed by atoms with Gasteiger partial charge in [-0.2, -0.15) is 0 Å². The van der Waals surface area contributed by atoms with Crippen LogP contribution in [0.3, 0.4) is 0 Å². The minimum atomic E-state index is -1.23. The van der Waals surface area contributed by atoms with Crippen LogP contribution in [0.5, 0.6) is 0 Å². The highest BCUT2D eigenvalue weighted by Crippen LogP contribution is 2.41. The molecule has 0 radical (unpaired) electrons. The molecular formula is C21H26ClN5O6. The number of fused-ring (bicyclic) bond motifs is 3. The maximum absolute atomic E-state index is 10.8. The number of aromatic nitrogens is 2. The van der Waals surface area contributed by atoms with Gasteiger partial charge in [-0.15, -0.1) is 10.2 Å². The molecule has 0 bridgehead atoms. The van der Waals surface area contributed by atoms with Crippen molar-refractivity contribution in [2.75, 3.05) is 22.9 Å². The zero-order valence-corrected chi connectivity index (χ0v) is 19.2. The summed E-state index contributed by atoms with van der Waals surface area (Å²) < 4.78 is 11.6. The molecule has 178 valence electrons. The van der Waals surface area contributed by atoms with Gasteiger partial charge in [-0.05, 0) is 39.3 Å². The standard InChI is InChI=1S/C21H26ClN5O6/c1-21(2,3)33-20(29)26-10-14-8-15(11-25(14)16-9-17(22)23-24-18(16)26)32-19(28)12-4-6-13(7-5-12)27(30)31/h4-7,9,14-15,19-20,28-29H,8,10-11H2,1-3H3/t14-,15-,19?,20?/m0/s1. The molecule has 2 aromatic rings. The molecule has 0 amide bonds. The van der Waals surface area contributed by atoms with Crippen molar-refractivity contribution in [3.63, 3.8) is 0 Å². The van der Waals surface area contributed by atoms with E-state index in [2.05, 4.69) is 15.1 Å². The van der Waals surface area contributed by atoms with Gasteiger partial charge in [0.05, 0.1) is 22.3 Å².